The molecule has 5 nitrogen and oxygen atoms in total. The Kier molecular flexibility index (Phi) is 2.74. The number of aromatic nitrogens is 2. The van der Waals surface area contributed by atoms with Gasteiger partial charge in [-0.05, 0) is 37.0 Å². The normalized spacial score (nSPS) is 14.2. The van der Waals surface area contributed by atoms with E-state index in [4.69, 9.17) is 4.42 Å². The summed E-state index contributed by atoms with van der Waals surface area (Å²) >= 11 is 1.77. The first-order valence-electron chi connectivity index (χ1n) is 6.49. The minimum Gasteiger partial charge on any atom is -0.463 e. The van der Waals surface area contributed by atoms with E-state index in [0.29, 0.717) is 5.76 Å². The Morgan fingerprint density at radius 3 is 3.25 bits per heavy atom. The average Bonchev–Trinajstić information content (AvgIpc) is 3.14. The van der Waals surface area contributed by atoms with E-state index in [0.717, 1.165) is 28.9 Å². The first kappa shape index (κ1) is 11.6. The maximum Gasteiger partial charge on any atom is 0.158 e. The van der Waals surface area contributed by atoms with Crippen LogP contribution in [0.4, 0.5) is 5.82 Å². The largest absolute Gasteiger partial charge is 0.463 e. The molecule has 0 fully saturated rings. The topological polar surface area (TPSA) is 63.3 Å². The van der Waals surface area contributed by atoms with Crippen molar-refractivity contribution in [3.63, 3.8) is 0 Å². The van der Waals surface area contributed by atoms with Crippen LogP contribution in [0.2, 0.25) is 0 Å². The van der Waals surface area contributed by atoms with Crippen molar-refractivity contribution in [2.75, 3.05) is 5.43 Å². The molecule has 0 saturated carbocycles. The molecule has 100 valence electrons. The zero-order chi connectivity index (χ0) is 13.4. The summed E-state index contributed by atoms with van der Waals surface area (Å²) in [6, 6.07) is 3.68. The van der Waals surface area contributed by atoms with Crippen molar-refractivity contribution in [2.45, 2.75) is 19.3 Å². The molecular formula is C14H12N4OS. The number of hydrogen-bond donors (Lipinski definition) is 1. The number of aryl methyl sites for hydroxylation is 2. The lowest BCUT2D eigenvalue weighted by Crippen LogP contribution is -1.95. The van der Waals surface area contributed by atoms with E-state index in [1.54, 1.807) is 30.1 Å². The third-order valence-electron chi connectivity index (χ3n) is 3.41. The second kappa shape index (κ2) is 4.72. The standard InChI is InChI=1S/C14H12N4OS/c1-4-10-11(5-1)20-14-12(10)13(15-8-16-14)18-17-7-9-3-2-6-19-9/h2-3,6-8H,1,4-5H2,(H,15,16,18)/b17-7+. The van der Waals surface area contributed by atoms with Crippen molar-refractivity contribution in [3.05, 3.63) is 40.9 Å². The van der Waals surface area contributed by atoms with Gasteiger partial charge in [0.25, 0.3) is 0 Å². The van der Waals surface area contributed by atoms with Gasteiger partial charge in [0, 0.05) is 4.88 Å². The minimum absolute atomic E-state index is 0.707. The highest BCUT2D eigenvalue weighted by molar-refractivity contribution is 7.19. The van der Waals surface area contributed by atoms with Gasteiger partial charge in [-0.25, -0.2) is 9.97 Å². The molecule has 0 spiro atoms. The molecule has 3 heterocycles. The second-order valence-corrected chi connectivity index (χ2v) is 5.73. The van der Waals surface area contributed by atoms with Crippen LogP contribution in [0.25, 0.3) is 10.2 Å². The molecule has 0 unspecified atom stereocenters. The molecule has 0 saturated heterocycles. The maximum atomic E-state index is 5.20. The number of nitrogens with one attached hydrogen (secondary N) is 1. The van der Waals surface area contributed by atoms with Crippen LogP contribution in [0.1, 0.15) is 22.6 Å². The predicted octanol–water partition coefficient (Wildman–Crippen LogP) is 3.22. The van der Waals surface area contributed by atoms with Crippen molar-refractivity contribution in [1.29, 1.82) is 0 Å². The summed E-state index contributed by atoms with van der Waals surface area (Å²) in [4.78, 5) is 11.2. The van der Waals surface area contributed by atoms with Crippen LogP contribution in [0.5, 0.6) is 0 Å². The van der Waals surface area contributed by atoms with E-state index in [1.165, 1.54) is 16.9 Å². The fourth-order valence-electron chi connectivity index (χ4n) is 2.54. The zero-order valence-electron chi connectivity index (χ0n) is 10.7. The average molecular weight is 284 g/mol. The predicted molar refractivity (Wildman–Crippen MR) is 79.4 cm³/mol. The lowest BCUT2D eigenvalue weighted by Gasteiger charge is -2.02. The Bertz CT molecular complexity index is 776. The smallest absolute Gasteiger partial charge is 0.158 e. The van der Waals surface area contributed by atoms with Gasteiger partial charge in [-0.2, -0.15) is 5.10 Å². The number of nitrogens with zero attached hydrogens (tertiary/aromatic N) is 3. The molecule has 6 heteroatoms. The van der Waals surface area contributed by atoms with Crippen LogP contribution in [-0.2, 0) is 12.8 Å². The number of hydrogen-bond acceptors (Lipinski definition) is 6. The van der Waals surface area contributed by atoms with Gasteiger partial charge in [0.15, 0.2) is 5.82 Å². The summed E-state index contributed by atoms with van der Waals surface area (Å²) < 4.78 is 5.20. The Labute approximate surface area is 119 Å². The van der Waals surface area contributed by atoms with Crippen molar-refractivity contribution >= 4 is 33.6 Å². The zero-order valence-corrected chi connectivity index (χ0v) is 11.5. The molecule has 3 aromatic heterocycles. The van der Waals surface area contributed by atoms with Crippen LogP contribution < -0.4 is 5.43 Å². The summed E-state index contributed by atoms with van der Waals surface area (Å²) in [6.45, 7) is 0. The van der Waals surface area contributed by atoms with Gasteiger partial charge in [-0.1, -0.05) is 0 Å². The summed E-state index contributed by atoms with van der Waals surface area (Å²) in [5.74, 6) is 1.48. The lowest BCUT2D eigenvalue weighted by molar-refractivity contribution is 0.560. The maximum absolute atomic E-state index is 5.20. The highest BCUT2D eigenvalue weighted by atomic mass is 32.1. The molecule has 3 aromatic rings. The van der Waals surface area contributed by atoms with E-state index in [-0.39, 0.29) is 0 Å². The van der Waals surface area contributed by atoms with Crippen molar-refractivity contribution in [1.82, 2.24) is 9.97 Å². The summed E-state index contributed by atoms with van der Waals surface area (Å²) in [7, 11) is 0. The van der Waals surface area contributed by atoms with Gasteiger partial charge in [0.2, 0.25) is 0 Å². The van der Waals surface area contributed by atoms with E-state index in [1.807, 2.05) is 12.1 Å². The van der Waals surface area contributed by atoms with Gasteiger partial charge in [-0.3, -0.25) is 5.43 Å². The van der Waals surface area contributed by atoms with Gasteiger partial charge >= 0.3 is 0 Å². The molecule has 1 aliphatic carbocycles. The Hall–Kier alpha value is -2.21. The molecule has 1 N–H and O–H groups in total. The number of thiophene rings is 1. The highest BCUT2D eigenvalue weighted by Crippen LogP contribution is 2.38. The first-order valence-corrected chi connectivity index (χ1v) is 7.31. The highest BCUT2D eigenvalue weighted by Gasteiger charge is 2.20. The third-order valence-corrected chi connectivity index (χ3v) is 4.61. The Morgan fingerprint density at radius 2 is 2.35 bits per heavy atom. The molecule has 0 atom stereocenters. The first-order chi connectivity index (χ1) is 9.92. The number of rotatable bonds is 3. The van der Waals surface area contributed by atoms with Crippen LogP contribution in [0.3, 0.4) is 0 Å². The van der Waals surface area contributed by atoms with Crippen molar-refractivity contribution in [3.8, 4) is 0 Å². The van der Waals surface area contributed by atoms with E-state index < -0.39 is 0 Å². The molecule has 1 aliphatic rings. The van der Waals surface area contributed by atoms with Crippen LogP contribution >= 0.6 is 11.3 Å². The SMILES string of the molecule is C(=N\Nc1ncnc2sc3c(c12)CCC3)/c1ccco1. The minimum atomic E-state index is 0.707. The van der Waals surface area contributed by atoms with Crippen LogP contribution in [0.15, 0.2) is 34.2 Å². The summed E-state index contributed by atoms with van der Waals surface area (Å²) in [5, 5.41) is 5.31. The van der Waals surface area contributed by atoms with E-state index >= 15 is 0 Å². The van der Waals surface area contributed by atoms with Crippen molar-refractivity contribution < 1.29 is 4.42 Å². The number of anilines is 1. The van der Waals surface area contributed by atoms with Crippen LogP contribution in [0, 0.1) is 0 Å². The molecular weight excluding hydrogens is 272 g/mol. The van der Waals surface area contributed by atoms with Crippen LogP contribution in [-0.4, -0.2) is 16.2 Å². The molecule has 20 heavy (non-hydrogen) atoms. The van der Waals surface area contributed by atoms with Gasteiger partial charge in [0.05, 0.1) is 17.9 Å². The monoisotopic (exact) mass is 284 g/mol. The van der Waals surface area contributed by atoms with E-state index in [2.05, 4.69) is 20.5 Å². The quantitative estimate of drug-likeness (QED) is 0.592. The lowest BCUT2D eigenvalue weighted by atomic mass is 10.2. The summed E-state index contributed by atoms with van der Waals surface area (Å²) in [5.41, 5.74) is 4.40. The fraction of sp³-hybridized carbons (Fsp3) is 0.214. The molecule has 0 radical (unpaired) electrons. The summed E-state index contributed by atoms with van der Waals surface area (Å²) in [6.07, 6.45) is 8.33. The Morgan fingerprint density at radius 1 is 1.35 bits per heavy atom. The molecule has 0 bridgehead atoms. The second-order valence-electron chi connectivity index (χ2n) is 4.65. The third kappa shape index (κ3) is 1.89. The van der Waals surface area contributed by atoms with Gasteiger partial charge in [0.1, 0.15) is 16.9 Å². The van der Waals surface area contributed by atoms with Crippen molar-refractivity contribution in [2.24, 2.45) is 5.10 Å². The fourth-order valence-corrected chi connectivity index (χ4v) is 3.76. The number of hydrazone groups is 1. The Balaban J connectivity index is 1.69. The van der Waals surface area contributed by atoms with E-state index in [9.17, 15) is 0 Å². The van der Waals surface area contributed by atoms with Gasteiger partial charge in [-0.15, -0.1) is 11.3 Å². The molecule has 0 aromatic carbocycles. The molecule has 0 amide bonds. The molecule has 0 aliphatic heterocycles. The number of fused-ring (bicyclic) bond motifs is 3. The van der Waals surface area contributed by atoms with Gasteiger partial charge < -0.3 is 4.42 Å². The number of furan rings is 1. The molecule has 4 rings (SSSR count).